The van der Waals surface area contributed by atoms with Gasteiger partial charge in [-0.2, -0.15) is 23.0 Å². The maximum atomic E-state index is 13.1. The number of hydrogen-bond acceptors (Lipinski definition) is 4. The number of likely N-dealkylation sites (tertiary alicyclic amines) is 1. The van der Waals surface area contributed by atoms with Crippen LogP contribution in [0.3, 0.4) is 0 Å². The van der Waals surface area contributed by atoms with Gasteiger partial charge in [0.1, 0.15) is 5.69 Å². The van der Waals surface area contributed by atoms with E-state index in [1.54, 1.807) is 4.90 Å². The molecule has 0 saturated carbocycles. The summed E-state index contributed by atoms with van der Waals surface area (Å²) in [5.41, 5.74) is -0.579. The number of rotatable bonds is 4. The molecule has 2 heterocycles. The molecule has 0 aliphatic carbocycles. The highest BCUT2D eigenvalue weighted by Crippen LogP contribution is 2.34. The molecule has 1 aliphatic heterocycles. The van der Waals surface area contributed by atoms with Crippen LogP contribution in [0, 0.1) is 0 Å². The molecule has 0 unspecified atom stereocenters. The third kappa shape index (κ3) is 5.16. The molecule has 2 aromatic rings. The van der Waals surface area contributed by atoms with Gasteiger partial charge in [0.05, 0.1) is 18.3 Å². The number of piperidine rings is 1. The Labute approximate surface area is 170 Å². The van der Waals surface area contributed by atoms with E-state index in [-0.39, 0.29) is 40.8 Å². The fourth-order valence-corrected chi connectivity index (χ4v) is 3.34. The molecule has 0 spiro atoms. The Balaban J connectivity index is 1.56. The predicted molar refractivity (Wildman–Crippen MR) is 98.9 cm³/mol. The summed E-state index contributed by atoms with van der Waals surface area (Å²) in [5, 5.41) is 4.16. The molecule has 6 nitrogen and oxygen atoms in total. The maximum Gasteiger partial charge on any atom is 0.416 e. The zero-order valence-electron chi connectivity index (χ0n) is 15.6. The van der Waals surface area contributed by atoms with E-state index in [0.29, 0.717) is 25.9 Å². The second-order valence-electron chi connectivity index (χ2n) is 6.78. The summed E-state index contributed by atoms with van der Waals surface area (Å²) in [4.78, 5) is 25.3. The van der Waals surface area contributed by atoms with Crippen molar-refractivity contribution in [3.63, 3.8) is 0 Å². The van der Waals surface area contributed by atoms with Gasteiger partial charge in [-0.05, 0) is 42.7 Å². The van der Waals surface area contributed by atoms with Crippen molar-refractivity contribution in [1.29, 1.82) is 0 Å². The normalized spacial score (nSPS) is 15.6. The molecule has 1 fully saturated rings. The largest absolute Gasteiger partial charge is 0.416 e. The lowest BCUT2D eigenvalue weighted by Gasteiger charge is -2.31. The van der Waals surface area contributed by atoms with Crippen LogP contribution in [-0.2, 0) is 17.5 Å². The number of carbonyl (C=O) groups is 2. The Kier molecular flexibility index (Phi) is 6.28. The number of aromatic nitrogens is 2. The van der Waals surface area contributed by atoms with Gasteiger partial charge >= 0.3 is 12.2 Å². The zero-order chi connectivity index (χ0) is 21.2. The third-order valence-electron chi connectivity index (χ3n) is 4.71. The average Bonchev–Trinajstić information content (AvgIpc) is 3.16. The molecule has 10 heteroatoms. The minimum absolute atomic E-state index is 0.0168. The van der Waals surface area contributed by atoms with Gasteiger partial charge in [0.2, 0.25) is 0 Å². The van der Waals surface area contributed by atoms with Crippen LogP contribution in [0.5, 0.6) is 0 Å². The summed E-state index contributed by atoms with van der Waals surface area (Å²) in [6.07, 6.45) is -2.37. The minimum atomic E-state index is -4.48. The molecule has 1 aromatic heterocycles. The van der Waals surface area contributed by atoms with E-state index in [1.807, 2.05) is 0 Å². The van der Waals surface area contributed by atoms with E-state index >= 15 is 0 Å². The first-order valence-electron chi connectivity index (χ1n) is 8.98. The van der Waals surface area contributed by atoms with Crippen molar-refractivity contribution in [2.45, 2.75) is 38.7 Å². The molecule has 156 valence electrons. The number of hydrogen-bond donors (Lipinski definition) is 0. The van der Waals surface area contributed by atoms with E-state index in [4.69, 9.17) is 16.3 Å². The number of ketones is 1. The van der Waals surface area contributed by atoms with Gasteiger partial charge in [-0.25, -0.2) is 4.79 Å². The molecular weight excluding hydrogens is 411 g/mol. The van der Waals surface area contributed by atoms with Crippen LogP contribution in [-0.4, -0.2) is 45.7 Å². The van der Waals surface area contributed by atoms with Gasteiger partial charge < -0.3 is 9.64 Å². The monoisotopic (exact) mass is 429 g/mol. The van der Waals surface area contributed by atoms with E-state index in [2.05, 4.69) is 5.10 Å². The minimum Gasteiger partial charge on any atom is -0.373 e. The Morgan fingerprint density at radius 1 is 1.24 bits per heavy atom. The predicted octanol–water partition coefficient (Wildman–Crippen LogP) is 4.41. The van der Waals surface area contributed by atoms with Crippen LogP contribution < -0.4 is 0 Å². The summed E-state index contributed by atoms with van der Waals surface area (Å²) in [6.45, 7) is 1.90. The highest BCUT2D eigenvalue weighted by Gasteiger charge is 2.33. The Hall–Kier alpha value is -2.39. The topological polar surface area (TPSA) is 64.4 Å². The van der Waals surface area contributed by atoms with Crippen LogP contribution in [0.1, 0.15) is 41.4 Å². The number of halogens is 4. The molecule has 0 atom stereocenters. The fraction of sp³-hybridized carbons (Fsp3) is 0.421. The van der Waals surface area contributed by atoms with Gasteiger partial charge in [-0.3, -0.25) is 4.79 Å². The van der Waals surface area contributed by atoms with Crippen LogP contribution in [0.15, 0.2) is 30.5 Å². The quantitative estimate of drug-likeness (QED) is 0.675. The van der Waals surface area contributed by atoms with Crippen molar-refractivity contribution >= 4 is 23.4 Å². The second-order valence-corrected chi connectivity index (χ2v) is 7.22. The number of Topliss-reactive ketones (excluding diaryl/α,β-unsaturated/α-hetero) is 1. The number of carbonyl (C=O) groups excluding carboxylic acids is 2. The molecule has 0 radical (unpaired) electrons. The van der Waals surface area contributed by atoms with Gasteiger partial charge in [0.25, 0.3) is 0 Å². The molecule has 29 heavy (non-hydrogen) atoms. The van der Waals surface area contributed by atoms with Crippen molar-refractivity contribution in [2.75, 3.05) is 13.1 Å². The van der Waals surface area contributed by atoms with E-state index in [0.717, 1.165) is 10.7 Å². The van der Waals surface area contributed by atoms with Crippen LogP contribution in [0.4, 0.5) is 18.0 Å². The summed E-state index contributed by atoms with van der Waals surface area (Å²) >= 11 is 5.83. The molecule has 1 aromatic carbocycles. The van der Waals surface area contributed by atoms with Crippen molar-refractivity contribution in [3.05, 3.63) is 52.3 Å². The lowest BCUT2D eigenvalue weighted by atomic mass is 10.1. The number of nitrogens with zero attached hydrogens (tertiary/aromatic N) is 3. The summed E-state index contributed by atoms with van der Waals surface area (Å²) in [6, 6.07) is 4.52. The number of ether oxygens (including phenoxy) is 1. The van der Waals surface area contributed by atoms with Crippen LogP contribution in [0.2, 0.25) is 5.02 Å². The smallest absolute Gasteiger partial charge is 0.373 e. The molecular formula is C19H19ClF3N3O3. The Bertz CT molecular complexity index is 906. The number of benzene rings is 1. The van der Waals surface area contributed by atoms with Gasteiger partial charge in [-0.1, -0.05) is 11.6 Å². The summed E-state index contributed by atoms with van der Waals surface area (Å²) in [5.74, 6) is -0.233. The third-order valence-corrected chi connectivity index (χ3v) is 4.94. The van der Waals surface area contributed by atoms with E-state index < -0.39 is 11.7 Å². The van der Waals surface area contributed by atoms with Gasteiger partial charge in [0.15, 0.2) is 5.78 Å². The SMILES string of the molecule is CC(=O)c1ccn(C(=O)N2CCC(OCc3cc(Cl)ccc3C(F)(F)F)CC2)n1. The van der Waals surface area contributed by atoms with Crippen molar-refractivity contribution in [3.8, 4) is 0 Å². The first-order valence-corrected chi connectivity index (χ1v) is 9.36. The lowest BCUT2D eigenvalue weighted by Crippen LogP contribution is -2.43. The summed E-state index contributed by atoms with van der Waals surface area (Å²) < 4.78 is 46.2. The molecule has 1 saturated heterocycles. The van der Waals surface area contributed by atoms with Crippen LogP contribution >= 0.6 is 11.6 Å². The number of alkyl halides is 3. The summed E-state index contributed by atoms with van der Waals surface area (Å²) in [7, 11) is 0. The highest BCUT2D eigenvalue weighted by atomic mass is 35.5. The van der Waals surface area contributed by atoms with Gasteiger partial charge in [0, 0.05) is 31.2 Å². The standard InChI is InChI=1S/C19H19ClF3N3O3/c1-12(27)17-6-9-26(24-17)18(28)25-7-4-15(5-8-25)29-11-13-10-14(20)2-3-16(13)19(21,22)23/h2-3,6,9-10,15H,4-5,7-8,11H2,1H3. The van der Waals surface area contributed by atoms with Crippen molar-refractivity contribution in [1.82, 2.24) is 14.7 Å². The molecule has 1 aliphatic rings. The zero-order valence-corrected chi connectivity index (χ0v) is 16.3. The fourth-order valence-electron chi connectivity index (χ4n) is 3.14. The Morgan fingerprint density at radius 3 is 2.52 bits per heavy atom. The first kappa shape index (κ1) is 21.3. The van der Waals surface area contributed by atoms with Crippen molar-refractivity contribution in [2.24, 2.45) is 0 Å². The molecule has 1 amide bonds. The first-order chi connectivity index (χ1) is 13.6. The van der Waals surface area contributed by atoms with E-state index in [1.165, 1.54) is 31.3 Å². The molecule has 0 bridgehead atoms. The maximum absolute atomic E-state index is 13.1. The van der Waals surface area contributed by atoms with E-state index in [9.17, 15) is 22.8 Å². The van der Waals surface area contributed by atoms with Crippen molar-refractivity contribution < 1.29 is 27.5 Å². The number of amides is 1. The molecule has 3 rings (SSSR count). The van der Waals surface area contributed by atoms with Crippen LogP contribution in [0.25, 0.3) is 0 Å². The molecule has 0 N–H and O–H groups in total. The lowest BCUT2D eigenvalue weighted by molar-refractivity contribution is -0.139. The average molecular weight is 430 g/mol. The van der Waals surface area contributed by atoms with Gasteiger partial charge in [-0.15, -0.1) is 0 Å². The second kappa shape index (κ2) is 8.54. The highest BCUT2D eigenvalue weighted by molar-refractivity contribution is 6.30. The Morgan fingerprint density at radius 2 is 1.93 bits per heavy atom.